The topological polar surface area (TPSA) is 90.3 Å². The van der Waals surface area contributed by atoms with Gasteiger partial charge in [-0.25, -0.2) is 0 Å². The molecule has 2 rings (SSSR count). The summed E-state index contributed by atoms with van der Waals surface area (Å²) in [4.78, 5) is 0. The van der Waals surface area contributed by atoms with Gasteiger partial charge in [-0.05, 0) is 29.7 Å². The first-order valence-electron chi connectivity index (χ1n) is 6.65. The molecule has 0 spiro atoms. The number of rotatable bonds is 5. The van der Waals surface area contributed by atoms with E-state index in [0.29, 0.717) is 17.7 Å². The lowest BCUT2D eigenvalue weighted by atomic mass is 10.0. The van der Waals surface area contributed by atoms with Crippen LogP contribution in [0.5, 0.6) is 11.5 Å². The van der Waals surface area contributed by atoms with Crippen LogP contribution in [-0.2, 0) is 12.8 Å². The van der Waals surface area contributed by atoms with E-state index in [4.69, 9.17) is 11.1 Å². The third-order valence-corrected chi connectivity index (χ3v) is 3.24. The largest absolute Gasteiger partial charge is 0.508 e. The summed E-state index contributed by atoms with van der Waals surface area (Å²) in [6.07, 6.45) is 2.44. The van der Waals surface area contributed by atoms with Crippen molar-refractivity contribution in [2.45, 2.75) is 12.8 Å². The van der Waals surface area contributed by atoms with E-state index in [2.05, 4.69) is 0 Å². The van der Waals surface area contributed by atoms with E-state index >= 15 is 0 Å². The summed E-state index contributed by atoms with van der Waals surface area (Å²) in [5.41, 5.74) is 7.91. The summed E-state index contributed by atoms with van der Waals surface area (Å²) in [7, 11) is 0. The molecule has 4 nitrogen and oxygen atoms in total. The molecule has 0 unspecified atom stereocenters. The molecule has 0 atom stereocenters. The lowest BCUT2D eigenvalue weighted by Gasteiger charge is -2.07. The molecule has 0 aromatic heterocycles. The Hall–Kier alpha value is -2.75. The molecule has 0 saturated heterocycles. The van der Waals surface area contributed by atoms with Gasteiger partial charge in [-0.2, -0.15) is 0 Å². The lowest BCUT2D eigenvalue weighted by Crippen LogP contribution is -2.13. The number of nitrogens with one attached hydrogen (secondary N) is 1. The van der Waals surface area contributed by atoms with Gasteiger partial charge in [-0.1, -0.05) is 42.5 Å². The van der Waals surface area contributed by atoms with Gasteiger partial charge in [0.15, 0.2) is 0 Å². The third-order valence-electron chi connectivity index (χ3n) is 3.24. The minimum Gasteiger partial charge on any atom is -0.508 e. The van der Waals surface area contributed by atoms with Crippen LogP contribution in [0.25, 0.3) is 0 Å². The van der Waals surface area contributed by atoms with E-state index in [1.54, 1.807) is 36.4 Å². The van der Waals surface area contributed by atoms with Crippen LogP contribution >= 0.6 is 0 Å². The highest BCUT2D eigenvalue weighted by atomic mass is 16.3. The molecule has 108 valence electrons. The zero-order valence-corrected chi connectivity index (χ0v) is 11.6. The second-order valence-corrected chi connectivity index (χ2v) is 4.78. The first-order valence-corrected chi connectivity index (χ1v) is 6.65. The smallest absolute Gasteiger partial charge is 0.119 e. The van der Waals surface area contributed by atoms with Crippen LogP contribution in [-0.4, -0.2) is 15.9 Å². The van der Waals surface area contributed by atoms with Crippen molar-refractivity contribution in [3.63, 3.8) is 0 Å². The minimum atomic E-state index is 0.163. The van der Waals surface area contributed by atoms with Crippen molar-refractivity contribution in [3.8, 4) is 11.5 Å². The quantitative estimate of drug-likeness (QED) is 0.636. The molecule has 0 heterocycles. The predicted molar refractivity (Wildman–Crippen MR) is 83.6 cm³/mol. The molecule has 0 saturated carbocycles. The zero-order chi connectivity index (χ0) is 15.2. The number of para-hydroxylation sites is 2. The number of nitrogens with two attached hydrogens (primary N) is 1. The minimum absolute atomic E-state index is 0.163. The number of phenolic OH excluding ortho intramolecular Hbond substituents is 2. The van der Waals surface area contributed by atoms with Gasteiger partial charge in [0.2, 0.25) is 0 Å². The maximum absolute atomic E-state index is 9.70. The zero-order valence-electron chi connectivity index (χ0n) is 11.6. The van der Waals surface area contributed by atoms with E-state index in [1.807, 2.05) is 18.2 Å². The second-order valence-electron chi connectivity index (χ2n) is 4.78. The molecule has 0 radical (unpaired) electrons. The molecular weight excluding hydrogens is 264 g/mol. The number of hydrogen-bond donors (Lipinski definition) is 4. The monoisotopic (exact) mass is 282 g/mol. The summed E-state index contributed by atoms with van der Waals surface area (Å²) in [5.74, 6) is 0.379. The van der Waals surface area contributed by atoms with Crippen LogP contribution in [0.4, 0.5) is 0 Å². The average Bonchev–Trinajstić information content (AvgIpc) is 2.48. The van der Waals surface area contributed by atoms with Crippen LogP contribution in [0.2, 0.25) is 0 Å². The Balaban J connectivity index is 2.04. The van der Waals surface area contributed by atoms with Crippen LogP contribution in [0.3, 0.4) is 0 Å². The Bertz CT molecular complexity index is 678. The van der Waals surface area contributed by atoms with Crippen molar-refractivity contribution >= 4 is 5.71 Å². The first-order chi connectivity index (χ1) is 10.1. The van der Waals surface area contributed by atoms with Crippen LogP contribution < -0.4 is 5.73 Å². The Labute approximate surface area is 123 Å². The van der Waals surface area contributed by atoms with Gasteiger partial charge in [-0.3, -0.25) is 0 Å². The summed E-state index contributed by atoms with van der Waals surface area (Å²) in [5, 5.41) is 27.4. The molecule has 5 N–H and O–H groups in total. The van der Waals surface area contributed by atoms with Crippen molar-refractivity contribution in [2.75, 3.05) is 0 Å². The Kier molecular flexibility index (Phi) is 4.61. The van der Waals surface area contributed by atoms with Gasteiger partial charge in [0.1, 0.15) is 11.5 Å². The van der Waals surface area contributed by atoms with Crippen molar-refractivity contribution < 1.29 is 10.2 Å². The van der Waals surface area contributed by atoms with Crippen molar-refractivity contribution in [3.05, 3.63) is 71.4 Å². The highest BCUT2D eigenvalue weighted by molar-refractivity contribution is 5.98. The van der Waals surface area contributed by atoms with Crippen molar-refractivity contribution in [2.24, 2.45) is 5.73 Å². The summed E-state index contributed by atoms with van der Waals surface area (Å²) in [6.45, 7) is 0. The van der Waals surface area contributed by atoms with E-state index < -0.39 is 0 Å². The fourth-order valence-corrected chi connectivity index (χ4v) is 1.98. The number of benzene rings is 2. The Morgan fingerprint density at radius 3 is 2.05 bits per heavy atom. The van der Waals surface area contributed by atoms with Gasteiger partial charge in [-0.15, -0.1) is 0 Å². The lowest BCUT2D eigenvalue weighted by molar-refractivity contribution is 0.469. The highest BCUT2D eigenvalue weighted by Crippen LogP contribution is 2.19. The number of aromatic hydroxyl groups is 2. The molecule has 21 heavy (non-hydrogen) atoms. The van der Waals surface area contributed by atoms with Crippen LogP contribution in [0.1, 0.15) is 11.1 Å². The van der Waals surface area contributed by atoms with Crippen LogP contribution in [0.15, 0.2) is 60.3 Å². The molecule has 0 aliphatic rings. The Morgan fingerprint density at radius 1 is 0.952 bits per heavy atom. The summed E-state index contributed by atoms with van der Waals surface area (Å²) >= 11 is 0. The van der Waals surface area contributed by atoms with E-state index in [0.717, 1.165) is 5.56 Å². The van der Waals surface area contributed by atoms with Crippen molar-refractivity contribution in [1.29, 1.82) is 5.41 Å². The second kappa shape index (κ2) is 6.61. The molecule has 0 bridgehead atoms. The normalized spacial score (nSPS) is 11.3. The maximum atomic E-state index is 9.70. The fraction of sp³-hybridized carbons (Fsp3) is 0.118. The molecular formula is C17H18N2O2. The first kappa shape index (κ1) is 14.7. The van der Waals surface area contributed by atoms with Gasteiger partial charge < -0.3 is 21.4 Å². The maximum Gasteiger partial charge on any atom is 0.119 e. The predicted octanol–water partition coefficient (Wildman–Crippen LogP) is 2.75. The third kappa shape index (κ3) is 3.86. The molecule has 0 aliphatic carbocycles. The number of phenols is 2. The molecule has 2 aromatic rings. The molecule has 0 fully saturated rings. The van der Waals surface area contributed by atoms with E-state index in [1.165, 1.54) is 0 Å². The standard InChI is InChI=1S/C17H18N2O2/c18-14(10-9-12-5-1-3-7-16(12)20)15(19)11-13-6-2-4-8-17(13)21/h1-8,10,19-21H,9,11,18H2. The van der Waals surface area contributed by atoms with Crippen molar-refractivity contribution in [1.82, 2.24) is 0 Å². The molecule has 0 aliphatic heterocycles. The molecule has 2 aromatic carbocycles. The van der Waals surface area contributed by atoms with Crippen LogP contribution in [0, 0.1) is 5.41 Å². The molecule has 4 heteroatoms. The highest BCUT2D eigenvalue weighted by Gasteiger charge is 2.07. The summed E-state index contributed by atoms with van der Waals surface area (Å²) < 4.78 is 0. The van der Waals surface area contributed by atoms with Gasteiger partial charge in [0.05, 0.1) is 5.71 Å². The van der Waals surface area contributed by atoms with Gasteiger partial charge in [0.25, 0.3) is 0 Å². The molecule has 0 amide bonds. The Morgan fingerprint density at radius 2 is 1.48 bits per heavy atom. The van der Waals surface area contributed by atoms with E-state index in [9.17, 15) is 10.2 Å². The fourth-order valence-electron chi connectivity index (χ4n) is 1.98. The SMILES string of the molecule is N=C(Cc1ccccc1O)C(N)=CCc1ccccc1O. The van der Waals surface area contributed by atoms with Gasteiger partial charge >= 0.3 is 0 Å². The van der Waals surface area contributed by atoms with Gasteiger partial charge in [0, 0.05) is 12.1 Å². The number of hydrogen-bond acceptors (Lipinski definition) is 4. The average molecular weight is 282 g/mol. The summed E-state index contributed by atoms with van der Waals surface area (Å²) in [6, 6.07) is 13.9. The van der Waals surface area contributed by atoms with E-state index in [-0.39, 0.29) is 23.6 Å². The number of allylic oxidation sites excluding steroid dienone is 2.